The maximum Gasteiger partial charge on any atom is 0.258 e. The van der Waals surface area contributed by atoms with Gasteiger partial charge in [0.25, 0.3) is 5.89 Å². The van der Waals surface area contributed by atoms with Crippen LogP contribution in [0.2, 0.25) is 0 Å². The number of rotatable bonds is 7. The molecule has 0 spiro atoms. The fraction of sp³-hybridized carbons (Fsp3) is 0.333. The molecule has 0 atom stereocenters. The largest absolute Gasteiger partial charge is 0.493 e. The topological polar surface area (TPSA) is 92.6 Å². The second-order valence-electron chi connectivity index (χ2n) is 6.92. The Morgan fingerprint density at radius 1 is 1.07 bits per heavy atom. The predicted octanol–water partition coefficient (Wildman–Crippen LogP) is 4.09. The van der Waals surface area contributed by atoms with E-state index in [1.54, 1.807) is 26.4 Å². The lowest BCUT2D eigenvalue weighted by molar-refractivity contribution is 0.229. The highest BCUT2D eigenvalue weighted by Gasteiger charge is 2.39. The molecular weight excluding hydrogens is 394 g/mol. The van der Waals surface area contributed by atoms with Gasteiger partial charge in [0, 0.05) is 5.56 Å². The van der Waals surface area contributed by atoms with Crippen molar-refractivity contribution in [2.24, 2.45) is 5.73 Å². The number of aromatic nitrogens is 2. The first-order valence-corrected chi connectivity index (χ1v) is 9.19. The molecule has 0 radical (unpaired) electrons. The van der Waals surface area contributed by atoms with Crippen molar-refractivity contribution in [3.05, 3.63) is 53.9 Å². The molecule has 4 rings (SSSR count). The molecule has 1 aliphatic rings. The van der Waals surface area contributed by atoms with Gasteiger partial charge in [0.15, 0.2) is 17.3 Å². The van der Waals surface area contributed by atoms with Gasteiger partial charge in [-0.2, -0.15) is 4.98 Å². The quantitative estimate of drug-likeness (QED) is 0.618. The maximum atomic E-state index is 6.29. The van der Waals surface area contributed by atoms with Crippen LogP contribution in [0.4, 0.5) is 0 Å². The predicted molar refractivity (Wildman–Crippen MR) is 111 cm³/mol. The summed E-state index contributed by atoms with van der Waals surface area (Å²) in [4.78, 5) is 4.49. The normalized spacial score (nSPS) is 14.4. The number of halogens is 1. The van der Waals surface area contributed by atoms with E-state index < -0.39 is 5.54 Å². The third kappa shape index (κ3) is 4.16. The molecule has 0 aliphatic heterocycles. The Labute approximate surface area is 175 Å². The highest BCUT2D eigenvalue weighted by atomic mass is 35.5. The fourth-order valence-corrected chi connectivity index (χ4v) is 3.20. The van der Waals surface area contributed by atoms with E-state index in [1.165, 1.54) is 0 Å². The van der Waals surface area contributed by atoms with Crippen molar-refractivity contribution in [1.82, 2.24) is 10.1 Å². The summed E-state index contributed by atoms with van der Waals surface area (Å²) in [7, 11) is 3.16. The van der Waals surface area contributed by atoms with Crippen LogP contribution in [0.15, 0.2) is 47.0 Å². The van der Waals surface area contributed by atoms with Crippen LogP contribution in [0.25, 0.3) is 11.5 Å². The van der Waals surface area contributed by atoms with Crippen molar-refractivity contribution in [3.63, 3.8) is 0 Å². The second-order valence-corrected chi connectivity index (χ2v) is 6.92. The number of methoxy groups -OCH3 is 2. The van der Waals surface area contributed by atoms with E-state index in [4.69, 9.17) is 24.5 Å². The molecule has 0 unspecified atom stereocenters. The number of nitrogens with zero attached hydrogens (tertiary/aromatic N) is 2. The summed E-state index contributed by atoms with van der Waals surface area (Å²) < 4.78 is 22.5. The molecule has 2 N–H and O–H groups in total. The van der Waals surface area contributed by atoms with Gasteiger partial charge in [0.05, 0.1) is 19.8 Å². The molecule has 1 aromatic heterocycles. The molecule has 29 heavy (non-hydrogen) atoms. The van der Waals surface area contributed by atoms with E-state index in [-0.39, 0.29) is 12.4 Å². The number of nitrogens with two attached hydrogens (primary N) is 1. The van der Waals surface area contributed by atoms with Crippen molar-refractivity contribution in [1.29, 1.82) is 0 Å². The van der Waals surface area contributed by atoms with Crippen LogP contribution in [0.5, 0.6) is 17.2 Å². The average molecular weight is 418 g/mol. The van der Waals surface area contributed by atoms with Gasteiger partial charge in [-0.05, 0) is 37.0 Å². The van der Waals surface area contributed by atoms with E-state index in [0.29, 0.717) is 41.1 Å². The Morgan fingerprint density at radius 2 is 1.72 bits per heavy atom. The Kier molecular flexibility index (Phi) is 6.30. The SMILES string of the molecule is COc1cc(-c2nc(C3(N)CCC3)no2)cc(OC)c1OCc1ccccc1.Cl. The lowest BCUT2D eigenvalue weighted by Crippen LogP contribution is -2.44. The monoisotopic (exact) mass is 417 g/mol. The van der Waals surface area contributed by atoms with Crippen LogP contribution in [0.3, 0.4) is 0 Å². The number of ether oxygens (including phenoxy) is 3. The maximum absolute atomic E-state index is 6.29. The summed E-state index contributed by atoms with van der Waals surface area (Å²) in [5, 5.41) is 4.07. The molecule has 1 heterocycles. The highest BCUT2D eigenvalue weighted by Crippen LogP contribution is 2.42. The first-order valence-electron chi connectivity index (χ1n) is 9.19. The van der Waals surface area contributed by atoms with Crippen molar-refractivity contribution < 1.29 is 18.7 Å². The lowest BCUT2D eigenvalue weighted by Gasteiger charge is -2.34. The molecule has 8 heteroatoms. The van der Waals surface area contributed by atoms with Gasteiger partial charge in [-0.1, -0.05) is 35.5 Å². The smallest absolute Gasteiger partial charge is 0.258 e. The molecule has 1 aliphatic carbocycles. The number of benzene rings is 2. The van der Waals surface area contributed by atoms with Gasteiger partial charge < -0.3 is 24.5 Å². The molecule has 0 amide bonds. The zero-order valence-electron chi connectivity index (χ0n) is 16.4. The van der Waals surface area contributed by atoms with Crippen molar-refractivity contribution in [2.75, 3.05) is 14.2 Å². The zero-order valence-corrected chi connectivity index (χ0v) is 17.2. The van der Waals surface area contributed by atoms with Crippen LogP contribution in [-0.4, -0.2) is 24.4 Å². The van der Waals surface area contributed by atoms with Gasteiger partial charge >= 0.3 is 0 Å². The molecule has 0 saturated heterocycles. The molecule has 2 aromatic carbocycles. The highest BCUT2D eigenvalue weighted by molar-refractivity contribution is 5.85. The Bertz CT molecular complexity index is 933. The van der Waals surface area contributed by atoms with E-state index in [9.17, 15) is 0 Å². The van der Waals surface area contributed by atoms with E-state index >= 15 is 0 Å². The van der Waals surface area contributed by atoms with Gasteiger partial charge in [0.1, 0.15) is 6.61 Å². The summed E-state index contributed by atoms with van der Waals surface area (Å²) in [5.74, 6) is 2.48. The summed E-state index contributed by atoms with van der Waals surface area (Å²) in [6.45, 7) is 0.396. The second kappa shape index (κ2) is 8.71. The lowest BCUT2D eigenvalue weighted by atomic mass is 9.77. The van der Waals surface area contributed by atoms with Crippen LogP contribution >= 0.6 is 12.4 Å². The minimum atomic E-state index is -0.478. The van der Waals surface area contributed by atoms with Crippen molar-refractivity contribution in [2.45, 2.75) is 31.4 Å². The molecule has 7 nitrogen and oxygen atoms in total. The van der Waals surface area contributed by atoms with Gasteiger partial charge in [-0.15, -0.1) is 12.4 Å². The van der Waals surface area contributed by atoms with Crippen molar-refractivity contribution in [3.8, 4) is 28.7 Å². The minimum Gasteiger partial charge on any atom is -0.493 e. The standard InChI is InChI=1S/C21H23N3O4.ClH/c1-25-16-11-15(19-23-20(24-28-19)21(22)9-6-10-21)12-17(26-2)18(16)27-13-14-7-4-3-5-8-14;/h3-5,7-8,11-12H,6,9-10,13,22H2,1-2H3;1H. The summed E-state index contributed by atoms with van der Waals surface area (Å²) >= 11 is 0. The van der Waals surface area contributed by atoms with Crippen LogP contribution in [0.1, 0.15) is 30.7 Å². The van der Waals surface area contributed by atoms with E-state index in [2.05, 4.69) is 10.1 Å². The molecule has 154 valence electrons. The fourth-order valence-electron chi connectivity index (χ4n) is 3.20. The van der Waals surface area contributed by atoms with Gasteiger partial charge in [0.2, 0.25) is 5.75 Å². The zero-order chi connectivity index (χ0) is 19.6. The van der Waals surface area contributed by atoms with Crippen molar-refractivity contribution >= 4 is 12.4 Å². The first kappa shape index (κ1) is 21.0. The summed E-state index contributed by atoms with van der Waals surface area (Å²) in [5.41, 5.74) is 7.54. The number of hydrogen-bond donors (Lipinski definition) is 1. The first-order chi connectivity index (χ1) is 13.6. The molecule has 1 fully saturated rings. The minimum absolute atomic E-state index is 0. The van der Waals surface area contributed by atoms with Gasteiger partial charge in [-0.25, -0.2) is 0 Å². The Morgan fingerprint density at radius 3 is 2.28 bits per heavy atom. The van der Waals surface area contributed by atoms with Gasteiger partial charge in [-0.3, -0.25) is 0 Å². The molecular formula is C21H24ClN3O4. The molecule has 3 aromatic rings. The summed E-state index contributed by atoms with van der Waals surface area (Å²) in [6, 6.07) is 13.5. The molecule has 1 saturated carbocycles. The van der Waals surface area contributed by atoms with Crippen LogP contribution in [0, 0.1) is 0 Å². The number of hydrogen-bond acceptors (Lipinski definition) is 7. The third-order valence-electron chi connectivity index (χ3n) is 5.05. The Balaban J connectivity index is 0.00000240. The third-order valence-corrected chi connectivity index (χ3v) is 5.05. The summed E-state index contributed by atoms with van der Waals surface area (Å²) in [6.07, 6.45) is 2.81. The van der Waals surface area contributed by atoms with E-state index in [0.717, 1.165) is 24.8 Å². The van der Waals surface area contributed by atoms with E-state index in [1.807, 2.05) is 30.3 Å². The van der Waals surface area contributed by atoms with Crippen LogP contribution in [-0.2, 0) is 12.1 Å². The Hall–Kier alpha value is -2.77. The average Bonchev–Trinajstić information content (AvgIpc) is 3.21. The molecule has 0 bridgehead atoms. The van der Waals surface area contributed by atoms with Crippen LogP contribution < -0.4 is 19.9 Å².